The van der Waals surface area contributed by atoms with Crippen LogP contribution in [-0.2, 0) is 11.3 Å². The second-order valence-corrected chi connectivity index (χ2v) is 8.22. The standard InChI is InChI=1S/C21H20N4O3S/c1-14-5-4-8-17-19(14)22-20(29-17)24-11-9-23(10-12-24)18(26)13-25-15-6-2-3-7-16(15)28-21(25)27/h2-8H,9-13H2,1H3. The van der Waals surface area contributed by atoms with E-state index in [0.717, 1.165) is 23.7 Å². The molecule has 4 aromatic rings. The molecule has 2 aromatic heterocycles. The molecule has 29 heavy (non-hydrogen) atoms. The summed E-state index contributed by atoms with van der Waals surface area (Å²) in [6.45, 7) is 4.74. The van der Waals surface area contributed by atoms with E-state index in [2.05, 4.69) is 30.0 Å². The van der Waals surface area contributed by atoms with Crippen molar-refractivity contribution in [3.63, 3.8) is 0 Å². The zero-order valence-electron chi connectivity index (χ0n) is 16.0. The molecule has 0 atom stereocenters. The number of hydrogen-bond acceptors (Lipinski definition) is 6. The highest BCUT2D eigenvalue weighted by Crippen LogP contribution is 2.31. The molecule has 2 aromatic carbocycles. The molecule has 0 saturated carbocycles. The Morgan fingerprint density at radius 1 is 1.10 bits per heavy atom. The van der Waals surface area contributed by atoms with Gasteiger partial charge in [0.1, 0.15) is 6.54 Å². The molecular weight excluding hydrogens is 388 g/mol. The first-order valence-corrected chi connectivity index (χ1v) is 10.4. The van der Waals surface area contributed by atoms with Gasteiger partial charge in [-0.15, -0.1) is 0 Å². The maximum atomic E-state index is 12.8. The molecule has 1 fully saturated rings. The van der Waals surface area contributed by atoms with E-state index in [-0.39, 0.29) is 12.5 Å². The number of carbonyl (C=O) groups is 1. The Morgan fingerprint density at radius 2 is 1.90 bits per heavy atom. The van der Waals surface area contributed by atoms with Gasteiger partial charge in [0.05, 0.1) is 15.7 Å². The third kappa shape index (κ3) is 3.19. The number of aromatic nitrogens is 2. The third-order valence-electron chi connectivity index (χ3n) is 5.38. The van der Waals surface area contributed by atoms with Crippen molar-refractivity contribution < 1.29 is 9.21 Å². The van der Waals surface area contributed by atoms with Crippen LogP contribution in [0.4, 0.5) is 5.13 Å². The number of amides is 1. The van der Waals surface area contributed by atoms with Gasteiger partial charge in [0.2, 0.25) is 5.91 Å². The minimum absolute atomic E-state index is 0.00379. The number of aryl methyl sites for hydroxylation is 1. The molecule has 148 valence electrons. The van der Waals surface area contributed by atoms with Crippen molar-refractivity contribution in [1.82, 2.24) is 14.5 Å². The summed E-state index contributed by atoms with van der Waals surface area (Å²) in [5.41, 5.74) is 3.38. The molecule has 0 radical (unpaired) electrons. The van der Waals surface area contributed by atoms with E-state index in [1.165, 1.54) is 14.8 Å². The molecule has 3 heterocycles. The number of oxazole rings is 1. The number of rotatable bonds is 3. The molecule has 0 bridgehead atoms. The number of benzene rings is 2. The van der Waals surface area contributed by atoms with Crippen molar-refractivity contribution in [3.05, 3.63) is 58.6 Å². The Labute approximate surface area is 170 Å². The van der Waals surface area contributed by atoms with Gasteiger partial charge in [0.25, 0.3) is 0 Å². The van der Waals surface area contributed by atoms with E-state index in [1.807, 2.05) is 11.0 Å². The maximum Gasteiger partial charge on any atom is 0.420 e. The Bertz CT molecular complexity index is 1260. The summed E-state index contributed by atoms with van der Waals surface area (Å²) >= 11 is 1.69. The molecule has 0 unspecified atom stereocenters. The minimum Gasteiger partial charge on any atom is -0.408 e. The van der Waals surface area contributed by atoms with Crippen molar-refractivity contribution in [3.8, 4) is 0 Å². The second-order valence-electron chi connectivity index (χ2n) is 7.21. The smallest absolute Gasteiger partial charge is 0.408 e. The predicted molar refractivity (Wildman–Crippen MR) is 114 cm³/mol. The van der Waals surface area contributed by atoms with Crippen molar-refractivity contribution in [1.29, 1.82) is 0 Å². The van der Waals surface area contributed by atoms with Crippen LogP contribution in [0.1, 0.15) is 5.56 Å². The van der Waals surface area contributed by atoms with Crippen molar-refractivity contribution in [2.24, 2.45) is 0 Å². The van der Waals surface area contributed by atoms with Gasteiger partial charge >= 0.3 is 5.76 Å². The van der Waals surface area contributed by atoms with E-state index in [0.29, 0.717) is 24.2 Å². The molecular formula is C21H20N4O3S. The van der Waals surface area contributed by atoms with E-state index < -0.39 is 5.76 Å². The van der Waals surface area contributed by atoms with Crippen molar-refractivity contribution >= 4 is 43.7 Å². The summed E-state index contributed by atoms with van der Waals surface area (Å²) < 4.78 is 7.81. The monoisotopic (exact) mass is 408 g/mol. The third-order valence-corrected chi connectivity index (χ3v) is 6.46. The Morgan fingerprint density at radius 3 is 2.69 bits per heavy atom. The number of fused-ring (bicyclic) bond motifs is 2. The lowest BCUT2D eigenvalue weighted by molar-refractivity contribution is -0.132. The summed E-state index contributed by atoms with van der Waals surface area (Å²) in [4.78, 5) is 33.7. The number of piperazine rings is 1. The lowest BCUT2D eigenvalue weighted by Crippen LogP contribution is -2.50. The van der Waals surface area contributed by atoms with Gasteiger partial charge in [-0.1, -0.05) is 35.6 Å². The number of anilines is 1. The van der Waals surface area contributed by atoms with Gasteiger partial charge in [-0.3, -0.25) is 9.36 Å². The maximum absolute atomic E-state index is 12.8. The summed E-state index contributed by atoms with van der Waals surface area (Å²) in [7, 11) is 0. The van der Waals surface area contributed by atoms with Crippen LogP contribution in [0.15, 0.2) is 51.7 Å². The fraction of sp³-hybridized carbons (Fsp3) is 0.286. The predicted octanol–water partition coefficient (Wildman–Crippen LogP) is 2.86. The lowest BCUT2D eigenvalue weighted by Gasteiger charge is -2.34. The fourth-order valence-electron chi connectivity index (χ4n) is 3.76. The number of para-hydroxylation sites is 3. The highest BCUT2D eigenvalue weighted by molar-refractivity contribution is 7.22. The quantitative estimate of drug-likeness (QED) is 0.521. The Hall–Kier alpha value is -3.13. The van der Waals surface area contributed by atoms with Gasteiger partial charge in [-0.2, -0.15) is 0 Å². The molecule has 0 aliphatic carbocycles. The molecule has 5 rings (SSSR count). The van der Waals surface area contributed by atoms with Gasteiger partial charge in [-0.25, -0.2) is 9.78 Å². The molecule has 0 N–H and O–H groups in total. The van der Waals surface area contributed by atoms with Crippen LogP contribution >= 0.6 is 11.3 Å². The van der Waals surface area contributed by atoms with E-state index in [1.54, 1.807) is 29.5 Å². The SMILES string of the molecule is Cc1cccc2sc(N3CCN(C(=O)Cn4c(=O)oc5ccccc54)CC3)nc12. The van der Waals surface area contributed by atoms with Gasteiger partial charge in [0.15, 0.2) is 10.7 Å². The largest absolute Gasteiger partial charge is 0.420 e. The summed E-state index contributed by atoms with van der Waals surface area (Å²) in [6, 6.07) is 13.4. The van der Waals surface area contributed by atoms with Gasteiger partial charge in [-0.05, 0) is 30.7 Å². The van der Waals surface area contributed by atoms with Crippen molar-refractivity contribution in [2.45, 2.75) is 13.5 Å². The van der Waals surface area contributed by atoms with Gasteiger partial charge in [0, 0.05) is 26.2 Å². The topological polar surface area (TPSA) is 71.6 Å². The molecule has 1 amide bonds. The van der Waals surface area contributed by atoms with Crippen molar-refractivity contribution in [2.75, 3.05) is 31.1 Å². The molecule has 1 aliphatic heterocycles. The Balaban J connectivity index is 1.28. The number of hydrogen-bond donors (Lipinski definition) is 0. The fourth-order valence-corrected chi connectivity index (χ4v) is 4.85. The molecule has 0 spiro atoms. The first-order valence-electron chi connectivity index (χ1n) is 9.57. The highest BCUT2D eigenvalue weighted by Gasteiger charge is 2.24. The average Bonchev–Trinajstić information content (AvgIpc) is 3.31. The highest BCUT2D eigenvalue weighted by atomic mass is 32.1. The van der Waals surface area contributed by atoms with Crippen LogP contribution < -0.4 is 10.7 Å². The first kappa shape index (κ1) is 17.9. The Kier molecular flexibility index (Phi) is 4.35. The average molecular weight is 408 g/mol. The van der Waals surface area contributed by atoms with Crippen LogP contribution in [0.3, 0.4) is 0 Å². The molecule has 1 aliphatic rings. The van der Waals surface area contributed by atoms with E-state index in [9.17, 15) is 9.59 Å². The van der Waals surface area contributed by atoms with E-state index >= 15 is 0 Å². The second kappa shape index (κ2) is 7.04. The normalized spacial score (nSPS) is 14.8. The minimum atomic E-state index is -0.497. The van der Waals surface area contributed by atoms with E-state index in [4.69, 9.17) is 9.40 Å². The molecule has 7 nitrogen and oxygen atoms in total. The lowest BCUT2D eigenvalue weighted by atomic mass is 10.2. The van der Waals surface area contributed by atoms with Crippen LogP contribution in [0.2, 0.25) is 0 Å². The number of nitrogens with zero attached hydrogens (tertiary/aromatic N) is 4. The summed E-state index contributed by atoms with van der Waals surface area (Å²) in [6.07, 6.45) is 0. The molecule has 8 heteroatoms. The summed E-state index contributed by atoms with van der Waals surface area (Å²) in [5.74, 6) is -0.568. The van der Waals surface area contributed by atoms with Crippen LogP contribution in [0.25, 0.3) is 21.3 Å². The van der Waals surface area contributed by atoms with Crippen LogP contribution in [0.5, 0.6) is 0 Å². The zero-order valence-corrected chi connectivity index (χ0v) is 16.8. The van der Waals surface area contributed by atoms with Crippen LogP contribution in [-0.4, -0.2) is 46.5 Å². The number of carbonyl (C=O) groups excluding carboxylic acids is 1. The van der Waals surface area contributed by atoms with Gasteiger partial charge < -0.3 is 14.2 Å². The first-order chi connectivity index (χ1) is 14.1. The summed E-state index contributed by atoms with van der Waals surface area (Å²) in [5, 5.41) is 0.999. The zero-order chi connectivity index (χ0) is 20.0. The van der Waals surface area contributed by atoms with Crippen LogP contribution in [0, 0.1) is 6.92 Å². The number of thiazole rings is 1. The molecule has 1 saturated heterocycles.